The van der Waals surface area contributed by atoms with E-state index in [4.69, 9.17) is 5.73 Å². The van der Waals surface area contributed by atoms with Crippen LogP contribution in [-0.4, -0.2) is 23.9 Å². The van der Waals surface area contributed by atoms with Crippen molar-refractivity contribution in [2.45, 2.75) is 40.7 Å². The Bertz CT molecular complexity index is 468. The molecule has 0 saturated heterocycles. The highest BCUT2D eigenvalue weighted by Crippen LogP contribution is 2.25. The molecular weight excluding hydrogens is 267 g/mol. The zero-order valence-corrected chi connectivity index (χ0v) is 13.5. The summed E-state index contributed by atoms with van der Waals surface area (Å²) in [5.74, 6) is -0.404. The van der Waals surface area contributed by atoms with E-state index in [1.165, 1.54) is 12.1 Å². The highest BCUT2D eigenvalue weighted by Gasteiger charge is 2.27. The average molecular weight is 294 g/mol. The quantitative estimate of drug-likeness (QED) is 0.876. The third kappa shape index (κ3) is 5.84. The molecule has 0 aliphatic carbocycles. The molecule has 0 bridgehead atoms. The first-order chi connectivity index (χ1) is 9.76. The van der Waals surface area contributed by atoms with Gasteiger partial charge in [0.1, 0.15) is 5.82 Å². The largest absolute Gasteiger partial charge is 0.338 e. The molecule has 0 saturated carbocycles. The van der Waals surface area contributed by atoms with E-state index < -0.39 is 0 Å². The summed E-state index contributed by atoms with van der Waals surface area (Å²) in [6.45, 7) is 9.60. The van der Waals surface area contributed by atoms with Gasteiger partial charge in [0.2, 0.25) is 5.91 Å². The second-order valence-electron chi connectivity index (χ2n) is 6.68. The molecule has 1 atom stereocenters. The fraction of sp³-hybridized carbons (Fsp3) is 0.588. The SMILES string of the molecule is CCN(Cc1cccc(F)c1)C(=O)C(CN)CC(C)(C)C. The zero-order valence-electron chi connectivity index (χ0n) is 13.5. The molecule has 1 unspecified atom stereocenters. The second-order valence-corrected chi connectivity index (χ2v) is 6.68. The third-order valence-electron chi connectivity index (χ3n) is 3.45. The fourth-order valence-electron chi connectivity index (χ4n) is 2.47. The molecule has 118 valence electrons. The minimum Gasteiger partial charge on any atom is -0.338 e. The Morgan fingerprint density at radius 3 is 2.52 bits per heavy atom. The van der Waals surface area contributed by atoms with Crippen LogP contribution in [0.15, 0.2) is 24.3 Å². The maximum absolute atomic E-state index is 13.2. The van der Waals surface area contributed by atoms with Crippen molar-refractivity contribution in [3.8, 4) is 0 Å². The number of halogens is 1. The molecule has 21 heavy (non-hydrogen) atoms. The van der Waals surface area contributed by atoms with Crippen molar-refractivity contribution in [3.05, 3.63) is 35.6 Å². The lowest BCUT2D eigenvalue weighted by Gasteiger charge is -2.29. The Morgan fingerprint density at radius 2 is 2.05 bits per heavy atom. The van der Waals surface area contributed by atoms with Crippen molar-refractivity contribution in [1.82, 2.24) is 4.90 Å². The summed E-state index contributed by atoms with van der Waals surface area (Å²) in [7, 11) is 0. The Morgan fingerprint density at radius 1 is 1.38 bits per heavy atom. The summed E-state index contributed by atoms with van der Waals surface area (Å²) in [6, 6.07) is 6.37. The lowest BCUT2D eigenvalue weighted by molar-refractivity contribution is -0.136. The van der Waals surface area contributed by atoms with Gasteiger partial charge in [-0.1, -0.05) is 32.9 Å². The zero-order chi connectivity index (χ0) is 16.0. The molecule has 0 fully saturated rings. The molecule has 3 nitrogen and oxygen atoms in total. The van der Waals surface area contributed by atoms with E-state index in [2.05, 4.69) is 20.8 Å². The molecule has 2 N–H and O–H groups in total. The van der Waals surface area contributed by atoms with Gasteiger partial charge in [-0.15, -0.1) is 0 Å². The lowest BCUT2D eigenvalue weighted by Crippen LogP contribution is -2.40. The topological polar surface area (TPSA) is 46.3 Å². The van der Waals surface area contributed by atoms with E-state index in [1.54, 1.807) is 11.0 Å². The van der Waals surface area contributed by atoms with E-state index in [9.17, 15) is 9.18 Å². The van der Waals surface area contributed by atoms with Gasteiger partial charge in [-0.2, -0.15) is 0 Å². The molecule has 4 heteroatoms. The molecule has 0 radical (unpaired) electrons. The van der Waals surface area contributed by atoms with Crippen molar-refractivity contribution >= 4 is 5.91 Å². The first kappa shape index (κ1) is 17.6. The summed E-state index contributed by atoms with van der Waals surface area (Å²) in [5, 5.41) is 0. The number of nitrogens with two attached hydrogens (primary N) is 1. The minimum atomic E-state index is -0.277. The molecule has 1 aromatic rings. The Balaban J connectivity index is 2.80. The van der Waals surface area contributed by atoms with Crippen LogP contribution in [0.1, 0.15) is 39.7 Å². The van der Waals surface area contributed by atoms with Crippen molar-refractivity contribution in [2.75, 3.05) is 13.1 Å². The first-order valence-electron chi connectivity index (χ1n) is 7.50. The van der Waals surface area contributed by atoms with Gasteiger partial charge in [-0.05, 0) is 36.5 Å². The van der Waals surface area contributed by atoms with Crippen LogP contribution in [0.3, 0.4) is 0 Å². The number of carbonyl (C=O) groups excluding carboxylic acids is 1. The molecule has 1 amide bonds. The molecule has 0 aliphatic rings. The maximum Gasteiger partial charge on any atom is 0.227 e. The summed E-state index contributed by atoms with van der Waals surface area (Å²) in [4.78, 5) is 14.4. The van der Waals surface area contributed by atoms with E-state index in [1.807, 2.05) is 13.0 Å². The van der Waals surface area contributed by atoms with Crippen molar-refractivity contribution in [2.24, 2.45) is 17.1 Å². The highest BCUT2D eigenvalue weighted by molar-refractivity contribution is 5.79. The number of hydrogen-bond acceptors (Lipinski definition) is 2. The summed E-state index contributed by atoms with van der Waals surface area (Å²) in [5.41, 5.74) is 6.64. The first-order valence-corrected chi connectivity index (χ1v) is 7.50. The predicted octanol–water partition coefficient (Wildman–Crippen LogP) is 3.19. The number of carbonyl (C=O) groups is 1. The predicted molar refractivity (Wildman–Crippen MR) is 84.1 cm³/mol. The molecule has 0 spiro atoms. The van der Waals surface area contributed by atoms with Gasteiger partial charge in [0.25, 0.3) is 0 Å². The Hall–Kier alpha value is -1.42. The Labute approximate surface area is 127 Å². The highest BCUT2D eigenvalue weighted by atomic mass is 19.1. The van der Waals surface area contributed by atoms with Crippen LogP contribution < -0.4 is 5.73 Å². The monoisotopic (exact) mass is 294 g/mol. The number of nitrogens with zero attached hydrogens (tertiary/aromatic N) is 1. The van der Waals surface area contributed by atoms with E-state index in [0.717, 1.165) is 12.0 Å². The van der Waals surface area contributed by atoms with Crippen molar-refractivity contribution in [3.63, 3.8) is 0 Å². The van der Waals surface area contributed by atoms with E-state index >= 15 is 0 Å². The van der Waals surface area contributed by atoms with Crippen LogP contribution in [0, 0.1) is 17.2 Å². The minimum absolute atomic E-state index is 0.0535. The van der Waals surface area contributed by atoms with Crippen LogP contribution in [-0.2, 0) is 11.3 Å². The van der Waals surface area contributed by atoms with Gasteiger partial charge in [-0.25, -0.2) is 4.39 Å². The van der Waals surface area contributed by atoms with Crippen LogP contribution >= 0.6 is 0 Å². The normalized spacial score (nSPS) is 13.0. The number of rotatable bonds is 6. The van der Waals surface area contributed by atoms with Gasteiger partial charge in [-0.3, -0.25) is 4.79 Å². The summed E-state index contributed by atoms with van der Waals surface area (Å²) >= 11 is 0. The van der Waals surface area contributed by atoms with Gasteiger partial charge >= 0.3 is 0 Å². The molecule has 1 aromatic carbocycles. The van der Waals surface area contributed by atoms with Crippen LogP contribution in [0.2, 0.25) is 0 Å². The van der Waals surface area contributed by atoms with Crippen LogP contribution in [0.5, 0.6) is 0 Å². The lowest BCUT2D eigenvalue weighted by atomic mass is 9.84. The van der Waals surface area contributed by atoms with Gasteiger partial charge in [0, 0.05) is 19.6 Å². The van der Waals surface area contributed by atoms with Crippen molar-refractivity contribution in [1.29, 1.82) is 0 Å². The number of hydrogen-bond donors (Lipinski definition) is 1. The number of amides is 1. The van der Waals surface area contributed by atoms with Crippen LogP contribution in [0.25, 0.3) is 0 Å². The van der Waals surface area contributed by atoms with Gasteiger partial charge in [0.05, 0.1) is 5.92 Å². The van der Waals surface area contributed by atoms with Gasteiger partial charge < -0.3 is 10.6 Å². The summed E-state index contributed by atoms with van der Waals surface area (Å²) < 4.78 is 13.2. The average Bonchev–Trinajstić information content (AvgIpc) is 2.40. The standard InChI is InChI=1S/C17H27FN2O/c1-5-20(12-13-7-6-8-15(18)9-13)16(21)14(11-19)10-17(2,3)4/h6-9,14H,5,10-12,19H2,1-4H3. The van der Waals surface area contributed by atoms with E-state index in [0.29, 0.717) is 19.6 Å². The maximum atomic E-state index is 13.2. The Kier molecular flexibility index (Phi) is 6.34. The molecular formula is C17H27FN2O. The molecule has 1 rings (SSSR count). The van der Waals surface area contributed by atoms with Gasteiger partial charge in [0.15, 0.2) is 0 Å². The van der Waals surface area contributed by atoms with Crippen molar-refractivity contribution < 1.29 is 9.18 Å². The smallest absolute Gasteiger partial charge is 0.227 e. The molecule has 0 heterocycles. The van der Waals surface area contributed by atoms with E-state index in [-0.39, 0.29) is 23.1 Å². The summed E-state index contributed by atoms with van der Waals surface area (Å²) in [6.07, 6.45) is 0.752. The third-order valence-corrected chi connectivity index (χ3v) is 3.45. The van der Waals surface area contributed by atoms with Crippen LogP contribution in [0.4, 0.5) is 4.39 Å². The fourth-order valence-corrected chi connectivity index (χ4v) is 2.47. The second kappa shape index (κ2) is 7.55. The molecule has 0 aliphatic heterocycles. The number of benzene rings is 1. The molecule has 0 aromatic heterocycles.